The first kappa shape index (κ1) is 25.7. The second-order valence-electron chi connectivity index (χ2n) is 8.07. The number of carbonyl (C=O) groups is 3. The van der Waals surface area contributed by atoms with E-state index in [0.717, 1.165) is 12.0 Å². The number of nitro benzene ring substituents is 1. The minimum absolute atomic E-state index is 0.0556. The highest BCUT2D eigenvalue weighted by atomic mass is 32.2. The van der Waals surface area contributed by atoms with Crippen LogP contribution >= 0.6 is 12.0 Å². The molecular formula is C21H28N4O8S. The molecule has 13 heteroatoms. The molecule has 0 aliphatic carbocycles. The normalized spacial score (nSPS) is 20.8. The number of amides is 2. The van der Waals surface area contributed by atoms with Gasteiger partial charge in [-0.05, 0) is 24.1 Å². The summed E-state index contributed by atoms with van der Waals surface area (Å²) in [5.41, 5.74) is 0.511. The molecule has 34 heavy (non-hydrogen) atoms. The van der Waals surface area contributed by atoms with Gasteiger partial charge in [-0.3, -0.25) is 29.5 Å². The van der Waals surface area contributed by atoms with Gasteiger partial charge in [0.25, 0.3) is 5.69 Å². The maximum absolute atomic E-state index is 13.3. The SMILES string of the molecule is CC(=O)OS[C@H]1C[C@@H](C(=O)N2CCN(CCO)CC2)N(C(=O)OCc2ccc([N+](=O)[O-])cc2)C1. The summed E-state index contributed by atoms with van der Waals surface area (Å²) < 4.78 is 10.4. The van der Waals surface area contributed by atoms with Crippen LogP contribution in [0.25, 0.3) is 0 Å². The summed E-state index contributed by atoms with van der Waals surface area (Å²) in [4.78, 5) is 52.7. The fraction of sp³-hybridized carbons (Fsp3) is 0.571. The van der Waals surface area contributed by atoms with Crippen LogP contribution in [0.15, 0.2) is 24.3 Å². The number of ether oxygens (including phenoxy) is 1. The molecule has 186 valence electrons. The molecule has 0 spiro atoms. The van der Waals surface area contributed by atoms with Crippen LogP contribution in [-0.4, -0.2) is 99.9 Å². The lowest BCUT2D eigenvalue weighted by Crippen LogP contribution is -2.54. The lowest BCUT2D eigenvalue weighted by atomic mass is 10.1. The fourth-order valence-electron chi connectivity index (χ4n) is 3.92. The summed E-state index contributed by atoms with van der Waals surface area (Å²) in [6.45, 7) is 4.21. The molecule has 2 fully saturated rings. The highest BCUT2D eigenvalue weighted by Gasteiger charge is 2.43. The molecule has 1 aromatic rings. The Balaban J connectivity index is 1.63. The molecule has 0 bridgehead atoms. The summed E-state index contributed by atoms with van der Waals surface area (Å²) in [5, 5.41) is 19.6. The zero-order chi connectivity index (χ0) is 24.7. The van der Waals surface area contributed by atoms with Crippen molar-refractivity contribution < 1.29 is 33.3 Å². The number of likely N-dealkylation sites (tertiary alicyclic amines) is 1. The first-order chi connectivity index (χ1) is 16.3. The van der Waals surface area contributed by atoms with Crippen LogP contribution in [0.2, 0.25) is 0 Å². The van der Waals surface area contributed by atoms with E-state index in [2.05, 4.69) is 4.90 Å². The maximum Gasteiger partial charge on any atom is 0.410 e. The molecule has 3 rings (SSSR count). The molecule has 0 radical (unpaired) electrons. The van der Waals surface area contributed by atoms with Crippen molar-refractivity contribution in [3.8, 4) is 0 Å². The van der Waals surface area contributed by atoms with E-state index in [0.29, 0.717) is 44.7 Å². The lowest BCUT2D eigenvalue weighted by molar-refractivity contribution is -0.384. The number of carbonyl (C=O) groups excluding carboxylic acids is 3. The molecule has 1 N–H and O–H groups in total. The Morgan fingerprint density at radius 1 is 1.18 bits per heavy atom. The monoisotopic (exact) mass is 496 g/mol. The maximum atomic E-state index is 13.3. The smallest absolute Gasteiger partial charge is 0.410 e. The topological polar surface area (TPSA) is 143 Å². The average Bonchev–Trinajstić information content (AvgIpc) is 3.26. The van der Waals surface area contributed by atoms with Crippen LogP contribution in [0.1, 0.15) is 18.9 Å². The Morgan fingerprint density at radius 2 is 1.85 bits per heavy atom. The summed E-state index contributed by atoms with van der Waals surface area (Å²) in [6.07, 6.45) is -0.359. The molecule has 2 amide bonds. The number of nitrogens with zero attached hydrogens (tertiary/aromatic N) is 4. The molecule has 2 aliphatic heterocycles. The van der Waals surface area contributed by atoms with Crippen LogP contribution < -0.4 is 0 Å². The van der Waals surface area contributed by atoms with Gasteiger partial charge in [-0.25, -0.2) is 4.79 Å². The van der Waals surface area contributed by atoms with Gasteiger partial charge >= 0.3 is 12.1 Å². The minimum atomic E-state index is -0.748. The molecule has 0 aromatic heterocycles. The highest BCUT2D eigenvalue weighted by Crippen LogP contribution is 2.30. The fourth-order valence-corrected chi connectivity index (χ4v) is 4.68. The molecule has 1 aromatic carbocycles. The number of piperazine rings is 1. The number of nitro groups is 1. The van der Waals surface area contributed by atoms with Gasteiger partial charge in [0, 0.05) is 58.3 Å². The van der Waals surface area contributed by atoms with Gasteiger partial charge in [-0.2, -0.15) is 0 Å². The van der Waals surface area contributed by atoms with E-state index >= 15 is 0 Å². The highest BCUT2D eigenvalue weighted by molar-refractivity contribution is 7.95. The second kappa shape index (κ2) is 12.0. The number of non-ortho nitro benzene ring substituents is 1. The Bertz CT molecular complexity index is 891. The summed E-state index contributed by atoms with van der Waals surface area (Å²) in [5.74, 6) is -0.658. The third kappa shape index (κ3) is 6.81. The minimum Gasteiger partial charge on any atom is -0.445 e. The molecule has 2 saturated heterocycles. The van der Waals surface area contributed by atoms with Crippen molar-refractivity contribution in [2.24, 2.45) is 0 Å². The zero-order valence-corrected chi connectivity index (χ0v) is 19.6. The van der Waals surface area contributed by atoms with Crippen LogP contribution in [0, 0.1) is 10.1 Å². The van der Waals surface area contributed by atoms with Crippen LogP contribution in [0.5, 0.6) is 0 Å². The van der Waals surface area contributed by atoms with E-state index in [1.807, 2.05) is 0 Å². The largest absolute Gasteiger partial charge is 0.445 e. The summed E-state index contributed by atoms with van der Waals surface area (Å²) in [7, 11) is 0. The number of aliphatic hydroxyl groups is 1. The standard InChI is InChI=1S/C21H28N4O8S/c1-15(27)33-34-18-12-19(20(28)23-8-6-22(7-9-23)10-11-26)24(13-18)21(29)32-14-16-2-4-17(5-3-16)25(30)31/h2-5,18-19,26H,6-14H2,1H3/t18-,19-/m0/s1. The van der Waals surface area contributed by atoms with Crippen molar-refractivity contribution in [1.82, 2.24) is 14.7 Å². The van der Waals surface area contributed by atoms with Gasteiger partial charge in [0.05, 0.1) is 28.8 Å². The van der Waals surface area contributed by atoms with Gasteiger partial charge in [0.1, 0.15) is 12.6 Å². The van der Waals surface area contributed by atoms with Crippen molar-refractivity contribution in [2.75, 3.05) is 45.9 Å². The van der Waals surface area contributed by atoms with E-state index < -0.39 is 23.0 Å². The van der Waals surface area contributed by atoms with E-state index in [1.54, 1.807) is 4.90 Å². The number of hydrogen-bond donors (Lipinski definition) is 1. The summed E-state index contributed by atoms with van der Waals surface area (Å²) >= 11 is 0.937. The van der Waals surface area contributed by atoms with Crippen molar-refractivity contribution in [3.05, 3.63) is 39.9 Å². The number of benzene rings is 1. The Morgan fingerprint density at radius 3 is 2.44 bits per heavy atom. The van der Waals surface area contributed by atoms with Crippen LogP contribution in [-0.2, 0) is 25.1 Å². The molecular weight excluding hydrogens is 468 g/mol. The molecule has 0 unspecified atom stereocenters. The van der Waals surface area contributed by atoms with Crippen LogP contribution in [0.4, 0.5) is 10.5 Å². The van der Waals surface area contributed by atoms with Crippen molar-refractivity contribution in [3.63, 3.8) is 0 Å². The first-order valence-corrected chi connectivity index (χ1v) is 11.7. The first-order valence-electron chi connectivity index (χ1n) is 10.9. The number of rotatable bonds is 8. The Kier molecular flexibility index (Phi) is 9.07. The average molecular weight is 497 g/mol. The van der Waals surface area contributed by atoms with Gasteiger partial charge < -0.3 is 18.9 Å². The van der Waals surface area contributed by atoms with Gasteiger partial charge in [-0.1, -0.05) is 0 Å². The van der Waals surface area contributed by atoms with Crippen molar-refractivity contribution >= 4 is 35.7 Å². The van der Waals surface area contributed by atoms with Crippen molar-refractivity contribution in [2.45, 2.75) is 31.2 Å². The molecule has 12 nitrogen and oxygen atoms in total. The Hall–Kier alpha value is -2.90. The van der Waals surface area contributed by atoms with Crippen LogP contribution in [0.3, 0.4) is 0 Å². The van der Waals surface area contributed by atoms with Gasteiger partial charge in [-0.15, -0.1) is 0 Å². The third-order valence-electron chi connectivity index (χ3n) is 5.69. The van der Waals surface area contributed by atoms with Crippen molar-refractivity contribution in [1.29, 1.82) is 0 Å². The van der Waals surface area contributed by atoms with E-state index in [1.165, 1.54) is 36.1 Å². The number of β-amino-alcohol motifs (C(OH)–C–C–N with tert-alkyl or cyclic N) is 1. The predicted octanol–water partition coefficient (Wildman–Crippen LogP) is 1.02. The van der Waals surface area contributed by atoms with E-state index in [9.17, 15) is 24.5 Å². The predicted molar refractivity (Wildman–Crippen MR) is 122 cm³/mol. The molecule has 2 heterocycles. The van der Waals surface area contributed by atoms with E-state index in [4.69, 9.17) is 14.0 Å². The Labute approximate surface area is 201 Å². The zero-order valence-electron chi connectivity index (χ0n) is 18.8. The van der Waals surface area contributed by atoms with Gasteiger partial charge in [0.15, 0.2) is 0 Å². The molecule has 2 atom stereocenters. The molecule has 0 saturated carbocycles. The molecule has 2 aliphatic rings. The van der Waals surface area contributed by atoms with E-state index in [-0.39, 0.29) is 36.6 Å². The lowest BCUT2D eigenvalue weighted by Gasteiger charge is -2.36. The third-order valence-corrected chi connectivity index (χ3v) is 6.64. The summed E-state index contributed by atoms with van der Waals surface area (Å²) in [6, 6.07) is 4.91. The quantitative estimate of drug-likeness (QED) is 0.315. The second-order valence-corrected chi connectivity index (χ2v) is 9.09. The number of hydrogen-bond acceptors (Lipinski definition) is 10. The number of aliphatic hydroxyl groups excluding tert-OH is 1. The van der Waals surface area contributed by atoms with Gasteiger partial charge in [0.2, 0.25) is 5.91 Å².